The topological polar surface area (TPSA) is 90.9 Å². The van der Waals surface area contributed by atoms with Crippen LogP contribution in [0.4, 0.5) is 18.9 Å². The molecule has 1 N–H and O–H groups in total. The van der Waals surface area contributed by atoms with Gasteiger partial charge in [-0.3, -0.25) is 4.79 Å². The molecule has 0 aliphatic carbocycles. The minimum Gasteiger partial charge on any atom is -0.465 e. The van der Waals surface area contributed by atoms with Crippen molar-refractivity contribution in [3.8, 4) is 5.75 Å². The lowest BCUT2D eigenvalue weighted by molar-refractivity contribution is -0.274. The number of rotatable bonds is 6. The van der Waals surface area contributed by atoms with Crippen LogP contribution in [-0.4, -0.2) is 38.4 Å². The quantitative estimate of drug-likeness (QED) is 0.734. The zero-order valence-corrected chi connectivity index (χ0v) is 15.3. The van der Waals surface area contributed by atoms with E-state index in [2.05, 4.69) is 19.5 Å². The summed E-state index contributed by atoms with van der Waals surface area (Å²) >= 11 is 0. The molecule has 0 aliphatic heterocycles. The first-order chi connectivity index (χ1) is 13.6. The standard InChI is InChI=1S/C19H16F3NO6/c1-27-17(25)12-5-8-14(18(26)28-2)15(10-12)23-16(24)9-11-3-6-13(7-4-11)29-19(20,21)22/h3-8,10H,9H2,1-2H3,(H,23,24). The minimum absolute atomic E-state index is 0.0161. The molecule has 0 spiro atoms. The average Bonchev–Trinajstić information content (AvgIpc) is 2.67. The van der Waals surface area contributed by atoms with E-state index < -0.39 is 30.0 Å². The van der Waals surface area contributed by atoms with Gasteiger partial charge in [0.25, 0.3) is 0 Å². The number of benzene rings is 2. The predicted octanol–water partition coefficient (Wildman–Crippen LogP) is 3.34. The van der Waals surface area contributed by atoms with Crippen LogP contribution in [0.15, 0.2) is 42.5 Å². The molecule has 29 heavy (non-hydrogen) atoms. The highest BCUT2D eigenvalue weighted by atomic mass is 19.4. The molecule has 154 valence electrons. The number of esters is 2. The van der Waals surface area contributed by atoms with Gasteiger partial charge in [-0.15, -0.1) is 13.2 Å². The van der Waals surface area contributed by atoms with Gasteiger partial charge in [0.2, 0.25) is 5.91 Å². The second kappa shape index (κ2) is 9.09. The Balaban J connectivity index is 2.16. The summed E-state index contributed by atoms with van der Waals surface area (Å²) in [6.45, 7) is 0. The number of carbonyl (C=O) groups excluding carboxylic acids is 3. The van der Waals surface area contributed by atoms with Crippen molar-refractivity contribution in [3.63, 3.8) is 0 Å². The predicted molar refractivity (Wildman–Crippen MR) is 94.6 cm³/mol. The fourth-order valence-corrected chi connectivity index (χ4v) is 2.37. The van der Waals surface area contributed by atoms with E-state index in [4.69, 9.17) is 0 Å². The third-order valence-electron chi connectivity index (χ3n) is 3.64. The number of anilines is 1. The van der Waals surface area contributed by atoms with Crippen LogP contribution in [0.1, 0.15) is 26.3 Å². The molecule has 2 aromatic rings. The smallest absolute Gasteiger partial charge is 0.465 e. The van der Waals surface area contributed by atoms with Gasteiger partial charge in [0.15, 0.2) is 0 Å². The number of ether oxygens (including phenoxy) is 3. The normalized spacial score (nSPS) is 10.8. The third-order valence-corrected chi connectivity index (χ3v) is 3.64. The lowest BCUT2D eigenvalue weighted by atomic mass is 10.1. The summed E-state index contributed by atoms with van der Waals surface area (Å²) in [6, 6.07) is 8.65. The van der Waals surface area contributed by atoms with E-state index in [1.54, 1.807) is 0 Å². The molecular weight excluding hydrogens is 395 g/mol. The summed E-state index contributed by atoms with van der Waals surface area (Å²) in [7, 11) is 2.34. The van der Waals surface area contributed by atoms with Crippen LogP contribution in [0, 0.1) is 0 Å². The van der Waals surface area contributed by atoms with Gasteiger partial charge in [-0.2, -0.15) is 0 Å². The summed E-state index contributed by atoms with van der Waals surface area (Å²) in [5.41, 5.74) is 0.550. The van der Waals surface area contributed by atoms with Crippen LogP contribution in [-0.2, 0) is 20.7 Å². The number of hydrogen-bond donors (Lipinski definition) is 1. The maximum Gasteiger partial charge on any atom is 0.573 e. The molecule has 0 bridgehead atoms. The van der Waals surface area contributed by atoms with Crippen LogP contribution in [0.5, 0.6) is 5.75 Å². The number of carbonyl (C=O) groups is 3. The van der Waals surface area contributed by atoms with Gasteiger partial charge >= 0.3 is 18.3 Å². The fourth-order valence-electron chi connectivity index (χ4n) is 2.37. The second-order valence-electron chi connectivity index (χ2n) is 5.66. The van der Waals surface area contributed by atoms with Gasteiger partial charge in [0.1, 0.15) is 5.75 Å². The molecule has 7 nitrogen and oxygen atoms in total. The Morgan fingerprint density at radius 3 is 2.10 bits per heavy atom. The summed E-state index contributed by atoms with van der Waals surface area (Å²) in [5, 5.41) is 2.49. The van der Waals surface area contributed by atoms with Crippen molar-refractivity contribution in [2.75, 3.05) is 19.5 Å². The molecule has 2 rings (SSSR count). The fraction of sp³-hybridized carbons (Fsp3) is 0.211. The average molecular weight is 411 g/mol. The molecule has 0 saturated carbocycles. The number of alkyl halides is 3. The van der Waals surface area contributed by atoms with Gasteiger partial charge in [-0.05, 0) is 35.9 Å². The number of halogens is 3. The lowest BCUT2D eigenvalue weighted by Gasteiger charge is -2.12. The van der Waals surface area contributed by atoms with Gasteiger partial charge in [-0.1, -0.05) is 12.1 Å². The van der Waals surface area contributed by atoms with Crippen molar-refractivity contribution in [3.05, 3.63) is 59.2 Å². The van der Waals surface area contributed by atoms with Crippen LogP contribution < -0.4 is 10.1 Å². The van der Waals surface area contributed by atoms with E-state index in [1.165, 1.54) is 37.4 Å². The van der Waals surface area contributed by atoms with Crippen molar-refractivity contribution in [2.45, 2.75) is 12.8 Å². The summed E-state index contributed by atoms with van der Waals surface area (Å²) in [4.78, 5) is 35.9. The molecule has 0 aromatic heterocycles. The Hall–Kier alpha value is -3.56. The number of methoxy groups -OCH3 is 2. The Kier molecular flexibility index (Phi) is 6.81. The first-order valence-corrected chi connectivity index (χ1v) is 8.08. The van der Waals surface area contributed by atoms with E-state index in [-0.39, 0.29) is 23.2 Å². The molecule has 2 aromatic carbocycles. The Morgan fingerprint density at radius 2 is 1.55 bits per heavy atom. The summed E-state index contributed by atoms with van der Waals surface area (Å²) in [6.07, 6.45) is -5.01. The van der Waals surface area contributed by atoms with Crippen molar-refractivity contribution in [2.24, 2.45) is 0 Å². The molecule has 0 aliphatic rings. The molecule has 0 fully saturated rings. The van der Waals surface area contributed by atoms with Crippen molar-refractivity contribution >= 4 is 23.5 Å². The van der Waals surface area contributed by atoms with E-state index in [9.17, 15) is 27.6 Å². The van der Waals surface area contributed by atoms with E-state index in [0.717, 1.165) is 19.2 Å². The minimum atomic E-state index is -4.81. The molecule has 0 heterocycles. The van der Waals surface area contributed by atoms with Gasteiger partial charge in [0, 0.05) is 0 Å². The van der Waals surface area contributed by atoms with Crippen LogP contribution in [0.3, 0.4) is 0 Å². The highest BCUT2D eigenvalue weighted by molar-refractivity contribution is 6.03. The van der Waals surface area contributed by atoms with Crippen molar-refractivity contribution in [1.29, 1.82) is 0 Å². The zero-order chi connectivity index (χ0) is 21.6. The maximum absolute atomic E-state index is 12.3. The molecular formula is C19H16F3NO6. The lowest BCUT2D eigenvalue weighted by Crippen LogP contribution is -2.18. The Labute approximate surface area is 163 Å². The summed E-state index contributed by atoms with van der Waals surface area (Å²) < 4.78 is 49.6. The Morgan fingerprint density at radius 1 is 0.931 bits per heavy atom. The van der Waals surface area contributed by atoms with Crippen molar-refractivity contribution < 1.29 is 41.8 Å². The van der Waals surface area contributed by atoms with Crippen LogP contribution in [0.2, 0.25) is 0 Å². The number of amides is 1. The molecule has 10 heteroatoms. The third kappa shape index (κ3) is 6.23. The first-order valence-electron chi connectivity index (χ1n) is 8.08. The first kappa shape index (κ1) is 21.7. The van der Waals surface area contributed by atoms with Crippen LogP contribution >= 0.6 is 0 Å². The Bertz CT molecular complexity index is 909. The van der Waals surface area contributed by atoms with E-state index >= 15 is 0 Å². The second-order valence-corrected chi connectivity index (χ2v) is 5.66. The molecule has 0 radical (unpaired) electrons. The highest BCUT2D eigenvalue weighted by Crippen LogP contribution is 2.23. The van der Waals surface area contributed by atoms with Crippen LogP contribution in [0.25, 0.3) is 0 Å². The number of hydrogen-bond acceptors (Lipinski definition) is 6. The molecule has 0 atom stereocenters. The largest absolute Gasteiger partial charge is 0.573 e. The number of nitrogens with one attached hydrogen (secondary N) is 1. The molecule has 0 unspecified atom stereocenters. The van der Waals surface area contributed by atoms with Gasteiger partial charge < -0.3 is 19.5 Å². The maximum atomic E-state index is 12.3. The molecule has 0 saturated heterocycles. The van der Waals surface area contributed by atoms with Gasteiger partial charge in [-0.25, -0.2) is 9.59 Å². The van der Waals surface area contributed by atoms with Crippen molar-refractivity contribution in [1.82, 2.24) is 0 Å². The van der Waals surface area contributed by atoms with E-state index in [1.807, 2.05) is 0 Å². The zero-order valence-electron chi connectivity index (χ0n) is 15.3. The monoisotopic (exact) mass is 411 g/mol. The molecule has 1 amide bonds. The SMILES string of the molecule is COC(=O)c1ccc(C(=O)OC)c(NC(=O)Cc2ccc(OC(F)(F)F)cc2)c1. The van der Waals surface area contributed by atoms with E-state index in [0.29, 0.717) is 5.56 Å². The highest BCUT2D eigenvalue weighted by Gasteiger charge is 2.31. The summed E-state index contributed by atoms with van der Waals surface area (Å²) in [5.74, 6) is -2.38. The van der Waals surface area contributed by atoms with Gasteiger partial charge in [0.05, 0.1) is 37.5 Å².